The van der Waals surface area contributed by atoms with Crippen LogP contribution in [0.3, 0.4) is 0 Å². The van der Waals surface area contributed by atoms with Crippen LogP contribution in [-0.4, -0.2) is 15.8 Å². The SMILES string of the molecule is O=NN(c1ccc([N+](=O)[O-])cc1)c1ccncc1NC(=O)c1ccccc1. The number of aromatic nitrogens is 1. The molecule has 9 nitrogen and oxygen atoms in total. The highest BCUT2D eigenvalue weighted by molar-refractivity contribution is 6.06. The average molecular weight is 363 g/mol. The summed E-state index contributed by atoms with van der Waals surface area (Å²) >= 11 is 0. The number of pyridine rings is 1. The fourth-order valence-corrected chi connectivity index (χ4v) is 2.40. The Morgan fingerprint density at radius 3 is 2.41 bits per heavy atom. The van der Waals surface area contributed by atoms with Crippen molar-refractivity contribution in [3.63, 3.8) is 0 Å². The van der Waals surface area contributed by atoms with Gasteiger partial charge in [-0.3, -0.25) is 19.9 Å². The monoisotopic (exact) mass is 363 g/mol. The number of carbonyl (C=O) groups excluding carboxylic acids is 1. The molecular formula is C18H13N5O4. The minimum Gasteiger partial charge on any atom is -0.319 e. The van der Waals surface area contributed by atoms with Crippen molar-refractivity contribution in [2.24, 2.45) is 5.29 Å². The quantitative estimate of drug-likeness (QED) is 0.401. The van der Waals surface area contributed by atoms with Gasteiger partial charge in [-0.05, 0) is 30.3 Å². The number of hydrogen-bond donors (Lipinski definition) is 1. The third kappa shape index (κ3) is 3.93. The molecule has 0 aliphatic heterocycles. The van der Waals surface area contributed by atoms with E-state index in [-0.39, 0.29) is 23.0 Å². The number of hydrogen-bond acceptors (Lipinski definition) is 6. The number of rotatable bonds is 6. The summed E-state index contributed by atoms with van der Waals surface area (Å²) < 4.78 is 0. The number of carbonyl (C=O) groups is 1. The van der Waals surface area contributed by atoms with Crippen LogP contribution < -0.4 is 10.3 Å². The molecule has 1 amide bonds. The zero-order valence-corrected chi connectivity index (χ0v) is 13.9. The van der Waals surface area contributed by atoms with Crippen LogP contribution in [-0.2, 0) is 0 Å². The fraction of sp³-hybridized carbons (Fsp3) is 0. The number of anilines is 3. The highest BCUT2D eigenvalue weighted by atomic mass is 16.6. The molecule has 0 bridgehead atoms. The summed E-state index contributed by atoms with van der Waals surface area (Å²) in [5, 5.41) is 17.5. The summed E-state index contributed by atoms with van der Waals surface area (Å²) in [5.41, 5.74) is 1.17. The first-order valence-corrected chi connectivity index (χ1v) is 7.78. The lowest BCUT2D eigenvalue weighted by molar-refractivity contribution is -0.384. The van der Waals surface area contributed by atoms with E-state index in [9.17, 15) is 19.8 Å². The maximum absolute atomic E-state index is 12.4. The van der Waals surface area contributed by atoms with Crippen molar-refractivity contribution in [3.8, 4) is 0 Å². The van der Waals surface area contributed by atoms with Crippen LogP contribution in [0.1, 0.15) is 10.4 Å². The molecule has 134 valence electrons. The molecule has 1 aromatic heterocycles. The van der Waals surface area contributed by atoms with Crippen LogP contribution >= 0.6 is 0 Å². The Morgan fingerprint density at radius 2 is 1.78 bits per heavy atom. The van der Waals surface area contributed by atoms with Crippen LogP contribution in [0.4, 0.5) is 22.7 Å². The van der Waals surface area contributed by atoms with E-state index in [0.29, 0.717) is 11.3 Å². The second-order valence-corrected chi connectivity index (χ2v) is 5.38. The second-order valence-electron chi connectivity index (χ2n) is 5.38. The molecule has 3 rings (SSSR count). The second kappa shape index (κ2) is 7.83. The third-order valence-corrected chi connectivity index (χ3v) is 3.70. The number of amides is 1. The number of nitrogens with one attached hydrogen (secondary N) is 1. The zero-order valence-electron chi connectivity index (χ0n) is 13.9. The molecule has 1 N–H and O–H groups in total. The third-order valence-electron chi connectivity index (χ3n) is 3.70. The Labute approximate surface area is 153 Å². The van der Waals surface area contributed by atoms with E-state index in [2.05, 4.69) is 15.6 Å². The van der Waals surface area contributed by atoms with E-state index in [1.54, 1.807) is 30.3 Å². The fourth-order valence-electron chi connectivity index (χ4n) is 2.40. The molecule has 0 radical (unpaired) electrons. The van der Waals surface area contributed by atoms with Gasteiger partial charge in [-0.15, -0.1) is 4.91 Å². The first-order valence-electron chi connectivity index (χ1n) is 7.78. The van der Waals surface area contributed by atoms with Crippen molar-refractivity contribution in [1.29, 1.82) is 0 Å². The number of nitro benzene ring substituents is 1. The molecule has 0 saturated carbocycles. The molecule has 0 fully saturated rings. The predicted octanol–water partition coefficient (Wildman–Crippen LogP) is 4.06. The molecule has 1 heterocycles. The predicted molar refractivity (Wildman–Crippen MR) is 99.7 cm³/mol. The smallest absolute Gasteiger partial charge is 0.269 e. The average Bonchev–Trinajstić information content (AvgIpc) is 2.71. The van der Waals surface area contributed by atoms with Crippen molar-refractivity contribution in [2.75, 3.05) is 10.3 Å². The van der Waals surface area contributed by atoms with E-state index < -0.39 is 4.92 Å². The minimum atomic E-state index is -0.541. The maximum Gasteiger partial charge on any atom is 0.269 e. The zero-order chi connectivity index (χ0) is 19.2. The van der Waals surface area contributed by atoms with Crippen molar-refractivity contribution in [2.45, 2.75) is 0 Å². The summed E-state index contributed by atoms with van der Waals surface area (Å²) in [4.78, 5) is 38.0. The van der Waals surface area contributed by atoms with Gasteiger partial charge in [0, 0.05) is 23.9 Å². The molecule has 0 unspecified atom stereocenters. The number of nitroso groups, excluding NO2 is 1. The molecule has 0 saturated heterocycles. The summed E-state index contributed by atoms with van der Waals surface area (Å²) in [5.74, 6) is -0.376. The van der Waals surface area contributed by atoms with Crippen molar-refractivity contribution >= 4 is 28.7 Å². The highest BCUT2D eigenvalue weighted by Crippen LogP contribution is 2.32. The first kappa shape index (κ1) is 17.7. The minimum absolute atomic E-state index is 0.114. The van der Waals surface area contributed by atoms with Crippen LogP contribution in [0.25, 0.3) is 0 Å². The molecule has 9 heteroatoms. The van der Waals surface area contributed by atoms with Crippen LogP contribution in [0.2, 0.25) is 0 Å². The number of non-ortho nitro benzene ring substituents is 1. The molecule has 2 aromatic carbocycles. The first-order chi connectivity index (χ1) is 13.1. The molecular weight excluding hydrogens is 350 g/mol. The van der Waals surface area contributed by atoms with Gasteiger partial charge in [0.1, 0.15) is 0 Å². The summed E-state index contributed by atoms with van der Waals surface area (Å²) in [6, 6.07) is 15.4. The lowest BCUT2D eigenvalue weighted by atomic mass is 10.2. The highest BCUT2D eigenvalue weighted by Gasteiger charge is 2.17. The summed E-state index contributed by atoms with van der Waals surface area (Å²) in [6.45, 7) is 0. The van der Waals surface area contributed by atoms with Gasteiger partial charge < -0.3 is 5.32 Å². The summed E-state index contributed by atoms with van der Waals surface area (Å²) in [6.07, 6.45) is 2.83. The topological polar surface area (TPSA) is 118 Å². The van der Waals surface area contributed by atoms with Crippen LogP contribution in [0, 0.1) is 15.0 Å². The van der Waals surface area contributed by atoms with Crippen molar-refractivity contribution in [1.82, 2.24) is 4.98 Å². The largest absolute Gasteiger partial charge is 0.319 e. The van der Waals surface area contributed by atoms with Crippen molar-refractivity contribution in [3.05, 3.63) is 93.6 Å². The molecule has 3 aromatic rings. The van der Waals surface area contributed by atoms with Crippen LogP contribution in [0.15, 0.2) is 78.3 Å². The number of nitro groups is 1. The van der Waals surface area contributed by atoms with Crippen LogP contribution in [0.5, 0.6) is 0 Å². The summed E-state index contributed by atoms with van der Waals surface area (Å²) in [7, 11) is 0. The Morgan fingerprint density at radius 1 is 1.07 bits per heavy atom. The van der Waals surface area contributed by atoms with E-state index in [4.69, 9.17) is 0 Å². The van der Waals surface area contributed by atoms with Gasteiger partial charge in [-0.25, -0.2) is 0 Å². The molecule has 0 spiro atoms. The van der Waals surface area contributed by atoms with Gasteiger partial charge in [-0.1, -0.05) is 18.2 Å². The van der Waals surface area contributed by atoms with Gasteiger partial charge in [0.05, 0.1) is 33.5 Å². The number of nitrogens with zero attached hydrogens (tertiary/aromatic N) is 4. The molecule has 0 aliphatic carbocycles. The Hall–Kier alpha value is -4.14. The maximum atomic E-state index is 12.4. The van der Waals surface area contributed by atoms with Gasteiger partial charge in [0.2, 0.25) is 0 Å². The lowest BCUT2D eigenvalue weighted by Crippen LogP contribution is -2.16. The normalized spacial score (nSPS) is 10.1. The van der Waals surface area contributed by atoms with Crippen molar-refractivity contribution < 1.29 is 9.72 Å². The van der Waals surface area contributed by atoms with Gasteiger partial charge in [0.25, 0.3) is 11.6 Å². The molecule has 0 atom stereocenters. The Kier molecular flexibility index (Phi) is 5.12. The van der Waals surface area contributed by atoms with E-state index in [0.717, 1.165) is 5.01 Å². The Bertz CT molecular complexity index is 977. The van der Waals surface area contributed by atoms with Gasteiger partial charge >= 0.3 is 0 Å². The van der Waals surface area contributed by atoms with Gasteiger partial charge in [0.15, 0.2) is 0 Å². The lowest BCUT2D eigenvalue weighted by Gasteiger charge is -2.18. The molecule has 27 heavy (non-hydrogen) atoms. The Balaban J connectivity index is 1.92. The van der Waals surface area contributed by atoms with Gasteiger partial charge in [-0.2, -0.15) is 5.01 Å². The molecule has 0 aliphatic rings. The van der Waals surface area contributed by atoms with E-state index in [1.807, 2.05) is 0 Å². The van der Waals surface area contributed by atoms with E-state index in [1.165, 1.54) is 42.7 Å². The standard InChI is InChI=1S/C18H13N5O4/c24-18(13-4-2-1-3-5-13)20-16-12-19-11-10-17(16)22(21-25)14-6-8-15(9-7-14)23(26)27/h1-12H,(H,20,24). The van der Waals surface area contributed by atoms with E-state index >= 15 is 0 Å². The number of benzene rings is 2.